The van der Waals surface area contributed by atoms with Crippen molar-refractivity contribution in [1.29, 1.82) is 0 Å². The Morgan fingerprint density at radius 3 is 2.62 bits per heavy atom. The van der Waals surface area contributed by atoms with Gasteiger partial charge in [-0.2, -0.15) is 0 Å². The highest BCUT2D eigenvalue weighted by atomic mass is 79.9. The van der Waals surface area contributed by atoms with Crippen molar-refractivity contribution in [3.8, 4) is 0 Å². The zero-order chi connectivity index (χ0) is 9.68. The molecule has 0 fully saturated rings. The summed E-state index contributed by atoms with van der Waals surface area (Å²) in [5.74, 6) is 0.729. The summed E-state index contributed by atoms with van der Waals surface area (Å²) in [5.41, 5.74) is 2.91. The summed E-state index contributed by atoms with van der Waals surface area (Å²) < 4.78 is 0. The van der Waals surface area contributed by atoms with Gasteiger partial charge in [0.15, 0.2) is 0 Å². The molecule has 1 rings (SSSR count). The Balaban J connectivity index is 2.66. The first-order chi connectivity index (χ1) is 6.26. The van der Waals surface area contributed by atoms with E-state index in [0.29, 0.717) is 0 Å². The average Bonchev–Trinajstić information content (AvgIpc) is 2.18. The average molecular weight is 241 g/mol. The molecule has 0 aromatic heterocycles. The van der Waals surface area contributed by atoms with E-state index in [9.17, 15) is 0 Å². The van der Waals surface area contributed by atoms with Crippen LogP contribution in [0.25, 0.3) is 0 Å². The van der Waals surface area contributed by atoms with E-state index >= 15 is 0 Å². The van der Waals surface area contributed by atoms with Crippen molar-refractivity contribution in [2.45, 2.75) is 26.7 Å². The van der Waals surface area contributed by atoms with Gasteiger partial charge in [-0.1, -0.05) is 54.0 Å². The van der Waals surface area contributed by atoms with E-state index in [4.69, 9.17) is 0 Å². The van der Waals surface area contributed by atoms with Crippen molar-refractivity contribution < 1.29 is 0 Å². The van der Waals surface area contributed by atoms with Crippen LogP contribution in [0.5, 0.6) is 0 Å². The lowest BCUT2D eigenvalue weighted by atomic mass is 10.0. The Kier molecular flexibility index (Phi) is 4.51. The fraction of sp³-hybridized carbons (Fsp3) is 0.500. The molecule has 1 unspecified atom stereocenters. The molecule has 1 aromatic rings. The largest absolute Gasteiger partial charge is 0.0925 e. The molecule has 0 aliphatic heterocycles. The molecule has 0 spiro atoms. The Hall–Kier alpha value is -0.300. The second-order valence-corrected chi connectivity index (χ2v) is 4.28. The lowest BCUT2D eigenvalue weighted by molar-refractivity contribution is 0.663. The van der Waals surface area contributed by atoms with Gasteiger partial charge in [0, 0.05) is 5.33 Å². The quantitative estimate of drug-likeness (QED) is 0.703. The molecule has 0 radical (unpaired) electrons. The fourth-order valence-corrected chi connectivity index (χ4v) is 1.66. The highest BCUT2D eigenvalue weighted by Gasteiger charge is 2.01. The zero-order valence-corrected chi connectivity index (χ0v) is 9.97. The van der Waals surface area contributed by atoms with E-state index in [-0.39, 0.29) is 0 Å². The molecule has 0 aliphatic carbocycles. The number of aryl methyl sites for hydroxylation is 1. The first-order valence-electron chi connectivity index (χ1n) is 4.90. The van der Waals surface area contributed by atoms with Gasteiger partial charge in [0.05, 0.1) is 0 Å². The molecule has 0 amide bonds. The molecular formula is C12H17Br. The summed E-state index contributed by atoms with van der Waals surface area (Å²) in [6.07, 6.45) is 2.32. The normalized spacial score (nSPS) is 12.8. The van der Waals surface area contributed by atoms with Gasteiger partial charge in [-0.25, -0.2) is 0 Å². The molecule has 1 aromatic carbocycles. The van der Waals surface area contributed by atoms with Crippen molar-refractivity contribution in [3.05, 3.63) is 35.4 Å². The van der Waals surface area contributed by atoms with Gasteiger partial charge in [0.2, 0.25) is 0 Å². The fourth-order valence-electron chi connectivity index (χ4n) is 1.43. The number of benzene rings is 1. The SMILES string of the molecule is CCc1cccc(CC(C)CBr)c1. The van der Waals surface area contributed by atoms with Crippen molar-refractivity contribution in [1.82, 2.24) is 0 Å². The van der Waals surface area contributed by atoms with Crippen molar-refractivity contribution in [3.63, 3.8) is 0 Å². The molecule has 0 heterocycles. The molecule has 72 valence electrons. The number of alkyl halides is 1. The minimum absolute atomic E-state index is 0.729. The van der Waals surface area contributed by atoms with Crippen LogP contribution in [-0.4, -0.2) is 5.33 Å². The van der Waals surface area contributed by atoms with Crippen LogP contribution in [0, 0.1) is 5.92 Å². The zero-order valence-electron chi connectivity index (χ0n) is 8.39. The molecular weight excluding hydrogens is 224 g/mol. The van der Waals surface area contributed by atoms with Crippen molar-refractivity contribution in [2.75, 3.05) is 5.33 Å². The summed E-state index contributed by atoms with van der Waals surface area (Å²) in [5, 5.41) is 1.09. The second-order valence-electron chi connectivity index (χ2n) is 3.64. The minimum atomic E-state index is 0.729. The van der Waals surface area contributed by atoms with Gasteiger partial charge in [-0.3, -0.25) is 0 Å². The molecule has 1 atom stereocenters. The third-order valence-corrected chi connectivity index (χ3v) is 3.35. The van der Waals surface area contributed by atoms with Gasteiger partial charge < -0.3 is 0 Å². The molecule has 0 saturated heterocycles. The molecule has 0 nitrogen and oxygen atoms in total. The van der Waals surface area contributed by atoms with E-state index in [1.807, 2.05) is 0 Å². The lowest BCUT2D eigenvalue weighted by Crippen LogP contribution is -2.00. The Bertz CT molecular complexity index is 255. The third-order valence-electron chi connectivity index (χ3n) is 2.25. The van der Waals surface area contributed by atoms with Gasteiger partial charge in [-0.15, -0.1) is 0 Å². The van der Waals surface area contributed by atoms with Crippen LogP contribution < -0.4 is 0 Å². The number of rotatable bonds is 4. The highest BCUT2D eigenvalue weighted by Crippen LogP contribution is 2.12. The van der Waals surface area contributed by atoms with Crippen LogP contribution in [0.2, 0.25) is 0 Å². The lowest BCUT2D eigenvalue weighted by Gasteiger charge is -2.08. The predicted octanol–water partition coefficient (Wildman–Crippen LogP) is 3.82. The first kappa shape index (κ1) is 10.8. The Labute approximate surface area is 89.5 Å². The van der Waals surface area contributed by atoms with Crippen LogP contribution >= 0.6 is 15.9 Å². The Morgan fingerprint density at radius 1 is 1.31 bits per heavy atom. The molecule has 0 N–H and O–H groups in total. The molecule has 0 aliphatic rings. The molecule has 0 bridgehead atoms. The van der Waals surface area contributed by atoms with Crippen LogP contribution in [-0.2, 0) is 12.8 Å². The number of hydrogen-bond donors (Lipinski definition) is 0. The maximum Gasteiger partial charge on any atom is 0.00602 e. The van der Waals surface area contributed by atoms with Gasteiger partial charge in [-0.05, 0) is 29.9 Å². The Morgan fingerprint density at radius 2 is 2.00 bits per heavy atom. The van der Waals surface area contributed by atoms with E-state index in [1.54, 1.807) is 0 Å². The summed E-state index contributed by atoms with van der Waals surface area (Å²) in [4.78, 5) is 0. The van der Waals surface area contributed by atoms with Gasteiger partial charge in [0.1, 0.15) is 0 Å². The second kappa shape index (κ2) is 5.43. The minimum Gasteiger partial charge on any atom is -0.0925 e. The van der Waals surface area contributed by atoms with E-state index in [0.717, 1.165) is 17.7 Å². The van der Waals surface area contributed by atoms with Crippen molar-refractivity contribution in [2.24, 2.45) is 5.92 Å². The van der Waals surface area contributed by atoms with Crippen LogP contribution in [0.1, 0.15) is 25.0 Å². The highest BCUT2D eigenvalue weighted by molar-refractivity contribution is 9.09. The maximum absolute atomic E-state index is 3.51. The monoisotopic (exact) mass is 240 g/mol. The summed E-state index contributed by atoms with van der Waals surface area (Å²) in [6, 6.07) is 8.90. The van der Waals surface area contributed by atoms with Crippen LogP contribution in [0.3, 0.4) is 0 Å². The molecule has 13 heavy (non-hydrogen) atoms. The third kappa shape index (κ3) is 3.51. The van der Waals surface area contributed by atoms with E-state index in [1.165, 1.54) is 17.5 Å². The number of halogens is 1. The van der Waals surface area contributed by atoms with E-state index in [2.05, 4.69) is 54.0 Å². The standard InChI is InChI=1S/C12H17Br/c1-3-11-5-4-6-12(8-11)7-10(2)9-13/h4-6,8,10H,3,7,9H2,1-2H3. The predicted molar refractivity (Wildman–Crippen MR) is 62.5 cm³/mol. The van der Waals surface area contributed by atoms with E-state index < -0.39 is 0 Å². The van der Waals surface area contributed by atoms with Gasteiger partial charge >= 0.3 is 0 Å². The van der Waals surface area contributed by atoms with Crippen LogP contribution in [0.15, 0.2) is 24.3 Å². The smallest absolute Gasteiger partial charge is 0.00602 e. The summed E-state index contributed by atoms with van der Waals surface area (Å²) in [7, 11) is 0. The maximum atomic E-state index is 3.51. The van der Waals surface area contributed by atoms with Crippen LogP contribution in [0.4, 0.5) is 0 Å². The summed E-state index contributed by atoms with van der Waals surface area (Å²) in [6.45, 7) is 4.47. The topological polar surface area (TPSA) is 0 Å². The van der Waals surface area contributed by atoms with Gasteiger partial charge in [0.25, 0.3) is 0 Å². The molecule has 0 saturated carbocycles. The number of hydrogen-bond acceptors (Lipinski definition) is 0. The summed E-state index contributed by atoms with van der Waals surface area (Å²) >= 11 is 3.51. The first-order valence-corrected chi connectivity index (χ1v) is 6.02. The molecule has 1 heteroatoms. The van der Waals surface area contributed by atoms with Crippen molar-refractivity contribution >= 4 is 15.9 Å².